The van der Waals surface area contributed by atoms with E-state index in [2.05, 4.69) is 11.1 Å². The van der Waals surface area contributed by atoms with Crippen LogP contribution in [-0.4, -0.2) is 37.9 Å². The molecule has 0 amide bonds. The highest BCUT2D eigenvalue weighted by atomic mass is 31.2. The van der Waals surface area contributed by atoms with Crippen LogP contribution in [0, 0.1) is 0 Å². The molecule has 4 N–H and O–H groups in total. The fraction of sp³-hybridized carbons (Fsp3) is 0. The van der Waals surface area contributed by atoms with E-state index in [1.807, 2.05) is 0 Å². The minimum Gasteiger partial charge on any atom is -0.478 e. The van der Waals surface area contributed by atoms with E-state index in [1.165, 1.54) is 0 Å². The van der Waals surface area contributed by atoms with E-state index >= 15 is 0 Å². The molecule has 0 fully saturated rings. The Hall–Kier alpha value is -1.96. The molecule has 0 aromatic carbocycles. The molecule has 9 nitrogen and oxygen atoms in total. The van der Waals surface area contributed by atoms with Gasteiger partial charge in [-0.2, -0.15) is 0 Å². The largest absolute Gasteiger partial charge is 0.527 e. The second kappa shape index (κ2) is 8.22. The number of carbonyl (C=O) groups is 3. The molecular formula is C7H9O9P. The van der Waals surface area contributed by atoms with Crippen LogP contribution in [0.4, 0.5) is 0 Å². The molecule has 0 aromatic heterocycles. The van der Waals surface area contributed by atoms with E-state index in [4.69, 9.17) is 20.0 Å². The number of phosphoric ester groups is 1. The van der Waals surface area contributed by atoms with E-state index < -0.39 is 25.7 Å². The zero-order chi connectivity index (χ0) is 14.1. The quantitative estimate of drug-likeness (QED) is 0.390. The second-order valence-corrected chi connectivity index (χ2v) is 3.28. The molecule has 0 aliphatic rings. The topological polar surface area (TPSA) is 158 Å². The molecular weight excluding hydrogens is 259 g/mol. The Bertz CT molecular complexity index is 361. The maximum atomic E-state index is 9.99. The molecule has 0 saturated heterocycles. The molecule has 0 spiro atoms. The van der Waals surface area contributed by atoms with Crippen molar-refractivity contribution < 1.29 is 43.5 Å². The average molecular weight is 268 g/mol. The molecule has 0 unspecified atom stereocenters. The molecule has 0 heterocycles. The number of hydrogen-bond donors (Lipinski definition) is 4. The number of rotatable bonds is 4. The van der Waals surface area contributed by atoms with Crippen molar-refractivity contribution in [1.82, 2.24) is 0 Å². The summed E-state index contributed by atoms with van der Waals surface area (Å²) in [7, 11) is -4.66. The van der Waals surface area contributed by atoms with Gasteiger partial charge in [-0.3, -0.25) is 9.79 Å². The van der Waals surface area contributed by atoms with E-state index in [0.29, 0.717) is 18.2 Å². The first-order valence-electron chi connectivity index (χ1n) is 3.64. The molecule has 96 valence electrons. The molecule has 0 saturated carbocycles. The summed E-state index contributed by atoms with van der Waals surface area (Å²) in [6.45, 7) is 2.93. The Kier molecular flexibility index (Phi) is 8.43. The Balaban J connectivity index is 0. The van der Waals surface area contributed by atoms with Crippen molar-refractivity contribution in [3.63, 3.8) is 0 Å². The predicted octanol–water partition coefficient (Wildman–Crippen LogP) is -0.480. The van der Waals surface area contributed by atoms with E-state index in [1.54, 1.807) is 0 Å². The van der Waals surface area contributed by atoms with Crippen molar-refractivity contribution in [3.05, 3.63) is 24.8 Å². The van der Waals surface area contributed by atoms with Gasteiger partial charge in [0.05, 0.1) is 0 Å². The summed E-state index contributed by atoms with van der Waals surface area (Å²) in [5, 5.41) is 15.6. The molecule has 0 bridgehead atoms. The van der Waals surface area contributed by atoms with Gasteiger partial charge in [-0.25, -0.2) is 18.9 Å². The van der Waals surface area contributed by atoms with Crippen LogP contribution < -0.4 is 0 Å². The van der Waals surface area contributed by atoms with Gasteiger partial charge in [-0.1, -0.05) is 6.58 Å². The van der Waals surface area contributed by atoms with Crippen molar-refractivity contribution in [1.29, 1.82) is 0 Å². The number of phosphoric acid groups is 1. The molecule has 0 atom stereocenters. The van der Waals surface area contributed by atoms with Crippen LogP contribution in [0.2, 0.25) is 0 Å². The summed E-state index contributed by atoms with van der Waals surface area (Å²) in [4.78, 5) is 45.0. The summed E-state index contributed by atoms with van der Waals surface area (Å²) in [6.07, 6.45) is 1.78. The van der Waals surface area contributed by atoms with Crippen LogP contribution in [0.3, 0.4) is 0 Å². The molecule has 0 aromatic rings. The lowest BCUT2D eigenvalue weighted by Gasteiger charge is -1.99. The summed E-state index contributed by atoms with van der Waals surface area (Å²) < 4.78 is 13.3. The number of carbonyl (C=O) groups excluding carboxylic acids is 1. The molecule has 17 heavy (non-hydrogen) atoms. The Morgan fingerprint density at radius 3 is 1.53 bits per heavy atom. The third-order valence-corrected chi connectivity index (χ3v) is 1.16. The minimum atomic E-state index is -4.66. The Morgan fingerprint density at radius 2 is 1.41 bits per heavy atom. The lowest BCUT2D eigenvalue weighted by Crippen LogP contribution is -1.96. The Morgan fingerprint density at radius 1 is 1.06 bits per heavy atom. The van der Waals surface area contributed by atoms with Crippen LogP contribution in [0.15, 0.2) is 24.8 Å². The third kappa shape index (κ3) is 20.2. The van der Waals surface area contributed by atoms with Crippen LogP contribution in [0.25, 0.3) is 0 Å². The monoisotopic (exact) mass is 268 g/mol. The second-order valence-electron chi connectivity index (χ2n) is 2.11. The van der Waals surface area contributed by atoms with Crippen molar-refractivity contribution in [2.75, 3.05) is 0 Å². The van der Waals surface area contributed by atoms with E-state index in [9.17, 15) is 18.9 Å². The first kappa shape index (κ1) is 17.4. The summed E-state index contributed by atoms with van der Waals surface area (Å²) in [5.74, 6) is -3.65. The number of aliphatic carboxylic acids is 2. The fourth-order valence-electron chi connectivity index (χ4n) is 0.297. The zero-order valence-electron chi connectivity index (χ0n) is 8.22. The minimum absolute atomic E-state index is 0.558. The van der Waals surface area contributed by atoms with Crippen LogP contribution in [0.5, 0.6) is 0 Å². The van der Waals surface area contributed by atoms with Crippen molar-refractivity contribution in [3.8, 4) is 0 Å². The van der Waals surface area contributed by atoms with E-state index in [0.717, 1.165) is 0 Å². The van der Waals surface area contributed by atoms with Gasteiger partial charge in [0.15, 0.2) is 0 Å². The van der Waals surface area contributed by atoms with Crippen LogP contribution >= 0.6 is 7.82 Å². The smallest absolute Gasteiger partial charge is 0.478 e. The lowest BCUT2D eigenvalue weighted by atomic mass is 10.5. The maximum absolute atomic E-state index is 9.99. The molecule has 0 aliphatic heterocycles. The number of carboxylic acids is 2. The maximum Gasteiger partial charge on any atom is 0.527 e. The highest BCUT2D eigenvalue weighted by molar-refractivity contribution is 7.46. The molecule has 0 rings (SSSR count). The normalized spacial score (nSPS) is 10.0. The molecule has 0 radical (unpaired) electrons. The van der Waals surface area contributed by atoms with Gasteiger partial charge >= 0.3 is 25.7 Å². The standard InChI is InChI=1S/C4H4O4.C3H5O5P/c5-3(6)1-2-4(7)8;1-2-3(4)8-9(5,6)7/h1-2H,(H,5,6)(H,7,8);2H,1H2,(H2,5,6,7)/b2-1-;. The molecule has 10 heteroatoms. The summed E-state index contributed by atoms with van der Waals surface area (Å²) in [5.41, 5.74) is 0. The van der Waals surface area contributed by atoms with Crippen LogP contribution in [0.1, 0.15) is 0 Å². The summed E-state index contributed by atoms with van der Waals surface area (Å²) in [6, 6.07) is 0. The summed E-state index contributed by atoms with van der Waals surface area (Å²) >= 11 is 0. The van der Waals surface area contributed by atoms with Gasteiger partial charge in [0.25, 0.3) is 0 Å². The van der Waals surface area contributed by atoms with Gasteiger partial charge in [-0.15, -0.1) is 0 Å². The van der Waals surface area contributed by atoms with Crippen molar-refractivity contribution >= 4 is 25.7 Å². The first-order chi connectivity index (χ1) is 7.58. The van der Waals surface area contributed by atoms with Crippen LogP contribution in [-0.2, 0) is 23.5 Å². The van der Waals surface area contributed by atoms with E-state index in [-0.39, 0.29) is 0 Å². The average Bonchev–Trinajstić information content (AvgIpc) is 2.13. The van der Waals surface area contributed by atoms with Gasteiger partial charge < -0.3 is 14.7 Å². The fourth-order valence-corrected chi connectivity index (χ4v) is 0.606. The number of hydrogen-bond acceptors (Lipinski definition) is 5. The SMILES string of the molecule is C=CC(=O)OP(=O)(O)O.O=C(O)/C=C\C(=O)O. The Labute approximate surface area is 94.9 Å². The predicted molar refractivity (Wildman–Crippen MR) is 52.7 cm³/mol. The number of carboxylic acid groups (broad SMARTS) is 2. The first-order valence-corrected chi connectivity index (χ1v) is 5.17. The van der Waals surface area contributed by atoms with Gasteiger partial charge in [0.1, 0.15) is 0 Å². The highest BCUT2D eigenvalue weighted by Gasteiger charge is 2.17. The van der Waals surface area contributed by atoms with Crippen molar-refractivity contribution in [2.24, 2.45) is 0 Å². The third-order valence-electron chi connectivity index (χ3n) is 0.744. The molecule has 0 aliphatic carbocycles. The van der Waals surface area contributed by atoms with Gasteiger partial charge in [0.2, 0.25) is 0 Å². The zero-order valence-corrected chi connectivity index (χ0v) is 9.11. The lowest BCUT2D eigenvalue weighted by molar-refractivity contribution is -0.134. The van der Waals surface area contributed by atoms with Gasteiger partial charge in [0, 0.05) is 18.2 Å². The van der Waals surface area contributed by atoms with Crippen molar-refractivity contribution in [2.45, 2.75) is 0 Å². The highest BCUT2D eigenvalue weighted by Crippen LogP contribution is 2.35. The van der Waals surface area contributed by atoms with Gasteiger partial charge in [-0.05, 0) is 0 Å².